The van der Waals surface area contributed by atoms with Gasteiger partial charge < -0.3 is 15.3 Å². The first-order valence-electron chi connectivity index (χ1n) is 11.8. The van der Waals surface area contributed by atoms with Gasteiger partial charge in [-0.25, -0.2) is 4.98 Å². The third-order valence-corrected chi connectivity index (χ3v) is 7.25. The Morgan fingerprint density at radius 2 is 1.78 bits per heavy atom. The number of anilines is 1. The molecule has 1 saturated heterocycles. The Kier molecular flexibility index (Phi) is 6.59. The SMILES string of the molecule is CCNC1(C(=O)O)CCN(c2nc(C)nc3c(-c4ccc(Cl)cc4)c(-c4ccccc4Cl)nn23)CC1. The van der Waals surface area contributed by atoms with Crippen molar-refractivity contribution in [2.45, 2.75) is 32.2 Å². The molecule has 0 spiro atoms. The number of carboxylic acid groups (broad SMARTS) is 1. The number of rotatable bonds is 6. The molecule has 10 heteroatoms. The van der Waals surface area contributed by atoms with Gasteiger partial charge in [0.2, 0.25) is 5.95 Å². The van der Waals surface area contributed by atoms with Crippen LogP contribution in [0, 0.1) is 6.92 Å². The standard InChI is InChI=1S/C26H26Cl2N6O2/c1-3-29-26(24(35)36)12-14-33(15-13-26)25-31-16(2)30-23-21(17-8-10-18(27)11-9-17)22(32-34(23)25)19-6-4-5-7-20(19)28/h4-11,29H,3,12-15H2,1-2H3,(H,35,36). The molecule has 4 aromatic rings. The minimum atomic E-state index is -0.937. The van der Waals surface area contributed by atoms with E-state index in [1.165, 1.54) is 0 Å². The summed E-state index contributed by atoms with van der Waals surface area (Å²) in [5.41, 5.74) is 2.92. The molecule has 1 aliphatic heterocycles. The molecule has 5 rings (SSSR count). The van der Waals surface area contributed by atoms with Crippen LogP contribution >= 0.6 is 23.2 Å². The smallest absolute Gasteiger partial charge is 0.324 e. The number of hydrogen-bond donors (Lipinski definition) is 2. The highest BCUT2D eigenvalue weighted by atomic mass is 35.5. The number of nitrogens with zero attached hydrogens (tertiary/aromatic N) is 5. The van der Waals surface area contributed by atoms with Crippen molar-refractivity contribution in [2.75, 3.05) is 24.5 Å². The lowest BCUT2D eigenvalue weighted by Gasteiger charge is -2.39. The number of halogens is 2. The molecule has 0 unspecified atom stereocenters. The van der Waals surface area contributed by atoms with E-state index in [2.05, 4.69) is 10.2 Å². The zero-order valence-corrected chi connectivity index (χ0v) is 21.5. The number of fused-ring (bicyclic) bond motifs is 1. The Bertz CT molecular complexity index is 1430. The fourth-order valence-electron chi connectivity index (χ4n) is 4.84. The fourth-order valence-corrected chi connectivity index (χ4v) is 5.20. The monoisotopic (exact) mass is 524 g/mol. The van der Waals surface area contributed by atoms with Crippen LogP contribution in [-0.4, -0.2) is 55.8 Å². The van der Waals surface area contributed by atoms with E-state index >= 15 is 0 Å². The topological polar surface area (TPSA) is 95.7 Å². The minimum Gasteiger partial charge on any atom is -0.480 e. The zero-order chi connectivity index (χ0) is 25.4. The molecule has 2 N–H and O–H groups in total. The van der Waals surface area contributed by atoms with E-state index in [-0.39, 0.29) is 0 Å². The highest BCUT2D eigenvalue weighted by molar-refractivity contribution is 6.33. The third-order valence-electron chi connectivity index (χ3n) is 6.67. The van der Waals surface area contributed by atoms with Crippen molar-refractivity contribution in [3.63, 3.8) is 0 Å². The summed E-state index contributed by atoms with van der Waals surface area (Å²) in [7, 11) is 0. The number of benzene rings is 2. The third kappa shape index (κ3) is 4.30. The first-order valence-corrected chi connectivity index (χ1v) is 12.6. The van der Waals surface area contributed by atoms with Gasteiger partial charge in [-0.2, -0.15) is 14.6 Å². The Morgan fingerprint density at radius 1 is 1.08 bits per heavy atom. The Morgan fingerprint density at radius 3 is 2.42 bits per heavy atom. The summed E-state index contributed by atoms with van der Waals surface area (Å²) in [6.07, 6.45) is 0.896. The van der Waals surface area contributed by atoms with Crippen molar-refractivity contribution in [3.05, 3.63) is 64.4 Å². The lowest BCUT2D eigenvalue weighted by Crippen LogP contribution is -2.58. The number of aromatic nitrogens is 4. The Labute approximate surface area is 218 Å². The molecule has 36 heavy (non-hydrogen) atoms. The van der Waals surface area contributed by atoms with Crippen LogP contribution in [0.25, 0.3) is 28.0 Å². The molecular weight excluding hydrogens is 499 g/mol. The fraction of sp³-hybridized carbons (Fsp3) is 0.308. The van der Waals surface area contributed by atoms with Crippen LogP contribution in [0.4, 0.5) is 5.95 Å². The van der Waals surface area contributed by atoms with Crippen LogP contribution in [0.1, 0.15) is 25.6 Å². The molecule has 186 valence electrons. The van der Waals surface area contributed by atoms with Gasteiger partial charge in [0, 0.05) is 23.7 Å². The van der Waals surface area contributed by atoms with E-state index < -0.39 is 11.5 Å². The van der Waals surface area contributed by atoms with Crippen molar-refractivity contribution in [1.82, 2.24) is 24.9 Å². The number of carboxylic acids is 1. The molecule has 1 aliphatic rings. The van der Waals surface area contributed by atoms with Crippen molar-refractivity contribution in [1.29, 1.82) is 0 Å². The summed E-state index contributed by atoms with van der Waals surface area (Å²) in [6.45, 7) is 5.40. The molecule has 2 aromatic carbocycles. The van der Waals surface area contributed by atoms with Gasteiger partial charge in [-0.15, -0.1) is 0 Å². The van der Waals surface area contributed by atoms with Gasteiger partial charge in [-0.05, 0) is 50.1 Å². The lowest BCUT2D eigenvalue weighted by atomic mass is 9.87. The maximum atomic E-state index is 12.0. The van der Waals surface area contributed by atoms with Crippen LogP contribution in [-0.2, 0) is 4.79 Å². The van der Waals surface area contributed by atoms with E-state index in [1.54, 1.807) is 4.52 Å². The summed E-state index contributed by atoms with van der Waals surface area (Å²) < 4.78 is 1.75. The lowest BCUT2D eigenvalue weighted by molar-refractivity contribution is -0.145. The van der Waals surface area contributed by atoms with E-state index in [0.29, 0.717) is 65.6 Å². The van der Waals surface area contributed by atoms with Crippen molar-refractivity contribution in [3.8, 4) is 22.4 Å². The van der Waals surface area contributed by atoms with Gasteiger partial charge in [0.25, 0.3) is 0 Å². The molecule has 0 atom stereocenters. The molecule has 0 bridgehead atoms. The van der Waals surface area contributed by atoms with E-state index in [0.717, 1.165) is 16.7 Å². The summed E-state index contributed by atoms with van der Waals surface area (Å²) in [4.78, 5) is 23.6. The van der Waals surface area contributed by atoms with Gasteiger partial charge in [-0.1, -0.05) is 60.5 Å². The second-order valence-electron chi connectivity index (χ2n) is 8.92. The van der Waals surface area contributed by atoms with Crippen LogP contribution in [0.15, 0.2) is 48.5 Å². The quantitative estimate of drug-likeness (QED) is 0.361. The molecule has 0 amide bonds. The van der Waals surface area contributed by atoms with Gasteiger partial charge >= 0.3 is 5.97 Å². The van der Waals surface area contributed by atoms with Gasteiger partial charge in [0.1, 0.15) is 17.1 Å². The zero-order valence-electron chi connectivity index (χ0n) is 20.0. The van der Waals surface area contributed by atoms with Crippen LogP contribution in [0.2, 0.25) is 10.0 Å². The molecule has 2 aromatic heterocycles. The molecule has 1 fully saturated rings. The summed E-state index contributed by atoms with van der Waals surface area (Å²) >= 11 is 12.8. The van der Waals surface area contributed by atoms with E-state index in [4.69, 9.17) is 38.3 Å². The van der Waals surface area contributed by atoms with Crippen molar-refractivity contribution in [2.24, 2.45) is 0 Å². The summed E-state index contributed by atoms with van der Waals surface area (Å²) in [5, 5.41) is 19.2. The maximum Gasteiger partial charge on any atom is 0.324 e. The van der Waals surface area contributed by atoms with Crippen molar-refractivity contribution >= 4 is 40.8 Å². The number of aryl methyl sites for hydroxylation is 1. The molecule has 0 saturated carbocycles. The molecule has 8 nitrogen and oxygen atoms in total. The number of likely N-dealkylation sites (N-methyl/N-ethyl adjacent to an activating group) is 1. The highest BCUT2D eigenvalue weighted by Crippen LogP contribution is 2.39. The first kappa shape index (κ1) is 24.5. The molecule has 0 radical (unpaired) electrons. The largest absolute Gasteiger partial charge is 0.480 e. The maximum absolute atomic E-state index is 12.0. The predicted molar refractivity (Wildman–Crippen MR) is 142 cm³/mol. The van der Waals surface area contributed by atoms with Gasteiger partial charge in [-0.3, -0.25) is 4.79 Å². The average Bonchev–Trinajstić information content (AvgIpc) is 3.24. The highest BCUT2D eigenvalue weighted by Gasteiger charge is 2.41. The van der Waals surface area contributed by atoms with Gasteiger partial charge in [0.15, 0.2) is 5.65 Å². The number of piperidine rings is 1. The minimum absolute atomic E-state index is 0.448. The first-order chi connectivity index (χ1) is 17.3. The normalized spacial score (nSPS) is 15.4. The van der Waals surface area contributed by atoms with Gasteiger partial charge in [0.05, 0.1) is 10.6 Å². The van der Waals surface area contributed by atoms with Crippen LogP contribution in [0.5, 0.6) is 0 Å². The average molecular weight is 525 g/mol. The Hall–Kier alpha value is -3.20. The predicted octanol–water partition coefficient (Wildman–Crippen LogP) is 5.11. The van der Waals surface area contributed by atoms with Crippen LogP contribution in [0.3, 0.4) is 0 Å². The second-order valence-corrected chi connectivity index (χ2v) is 9.76. The van der Waals surface area contributed by atoms with E-state index in [9.17, 15) is 9.90 Å². The molecule has 3 heterocycles. The Balaban J connectivity index is 1.67. The summed E-state index contributed by atoms with van der Waals surface area (Å²) in [6, 6.07) is 15.1. The number of carbonyl (C=O) groups is 1. The second kappa shape index (κ2) is 9.69. The van der Waals surface area contributed by atoms with E-state index in [1.807, 2.05) is 62.4 Å². The summed E-state index contributed by atoms with van der Waals surface area (Å²) in [5.74, 6) is 0.403. The molecular formula is C26H26Cl2N6O2. The van der Waals surface area contributed by atoms with Crippen molar-refractivity contribution < 1.29 is 9.90 Å². The van der Waals surface area contributed by atoms with Crippen LogP contribution < -0.4 is 10.2 Å². The molecule has 0 aliphatic carbocycles. The number of hydrogen-bond acceptors (Lipinski definition) is 6. The number of aliphatic carboxylic acids is 1. The number of nitrogens with one attached hydrogen (secondary N) is 1.